The third-order valence-electron chi connectivity index (χ3n) is 8.22. The van der Waals surface area contributed by atoms with Crippen LogP contribution >= 0.6 is 7.92 Å². The molecule has 4 rings (SSSR count). The van der Waals surface area contributed by atoms with Gasteiger partial charge in [-0.15, -0.1) is 0 Å². The summed E-state index contributed by atoms with van der Waals surface area (Å²) in [6.07, 6.45) is 15.2. The van der Waals surface area contributed by atoms with Crippen molar-refractivity contribution in [1.82, 2.24) is 0 Å². The van der Waals surface area contributed by atoms with Gasteiger partial charge < -0.3 is 0 Å². The fraction of sp³-hybridized carbons (Fsp3) is 0.625. The van der Waals surface area contributed by atoms with Crippen LogP contribution in [0.4, 0.5) is 0 Å². The summed E-state index contributed by atoms with van der Waals surface area (Å²) in [4.78, 5) is 0.0434. The van der Waals surface area contributed by atoms with Gasteiger partial charge in [0.15, 0.2) is 0 Å². The first-order valence-electron chi connectivity index (χ1n) is 14.7. The average molecular weight is 543 g/mol. The summed E-state index contributed by atoms with van der Waals surface area (Å²) in [6.45, 7) is 8.76. The SMILES string of the molecule is CC(C)Cc1cc(S(=O)(=O)O)cc(CC(C)C)c1-c1ccccc1P(C1CCCCC1)C1CCCCC1. The topological polar surface area (TPSA) is 54.4 Å². The molecule has 0 unspecified atom stereocenters. The van der Waals surface area contributed by atoms with Crippen molar-refractivity contribution in [2.75, 3.05) is 0 Å². The van der Waals surface area contributed by atoms with E-state index in [0.717, 1.165) is 35.3 Å². The minimum atomic E-state index is -4.28. The molecule has 37 heavy (non-hydrogen) atoms. The minimum absolute atomic E-state index is 0.0434. The zero-order valence-electron chi connectivity index (χ0n) is 23.4. The van der Waals surface area contributed by atoms with Gasteiger partial charge in [0, 0.05) is 0 Å². The minimum Gasteiger partial charge on any atom is -0.282 e. The Morgan fingerprint density at radius 2 is 1.24 bits per heavy atom. The first-order valence-corrected chi connectivity index (χ1v) is 17.6. The molecule has 2 aromatic carbocycles. The van der Waals surface area contributed by atoms with Gasteiger partial charge in [0.05, 0.1) is 4.90 Å². The van der Waals surface area contributed by atoms with Crippen molar-refractivity contribution >= 4 is 23.3 Å². The maximum Gasteiger partial charge on any atom is 0.294 e. The maximum atomic E-state index is 12.3. The highest BCUT2D eigenvalue weighted by atomic mass is 32.2. The quantitative estimate of drug-likeness (QED) is 0.254. The van der Waals surface area contributed by atoms with Crippen LogP contribution in [0.25, 0.3) is 11.1 Å². The Morgan fingerprint density at radius 3 is 1.68 bits per heavy atom. The third-order valence-corrected chi connectivity index (χ3v) is 12.6. The number of benzene rings is 2. The van der Waals surface area contributed by atoms with E-state index in [1.54, 1.807) is 17.4 Å². The standard InChI is InChI=1S/C32H47O3PS/c1-23(2)19-25-21-29(37(33,34)35)22-26(20-24(3)4)32(25)30-17-11-12-18-31(30)36(27-13-7-5-8-14-27)28-15-9-6-10-16-28/h11-12,17-18,21-24,27-28H,5-10,13-16,19-20H2,1-4H3,(H,33,34,35). The largest absolute Gasteiger partial charge is 0.294 e. The van der Waals surface area contributed by atoms with Crippen molar-refractivity contribution in [1.29, 1.82) is 0 Å². The molecule has 2 aromatic rings. The van der Waals surface area contributed by atoms with Crippen LogP contribution in [0.2, 0.25) is 0 Å². The Bertz CT molecular complexity index is 1090. The molecule has 0 spiro atoms. The summed E-state index contributed by atoms with van der Waals surface area (Å²) in [7, 11) is -4.57. The first-order chi connectivity index (χ1) is 17.6. The van der Waals surface area contributed by atoms with E-state index in [4.69, 9.17) is 0 Å². The molecule has 0 aromatic heterocycles. The second-order valence-electron chi connectivity index (χ2n) is 12.3. The van der Waals surface area contributed by atoms with Crippen LogP contribution in [0, 0.1) is 11.8 Å². The van der Waals surface area contributed by atoms with Crippen LogP contribution in [-0.2, 0) is 23.0 Å². The smallest absolute Gasteiger partial charge is 0.282 e. The van der Waals surface area contributed by atoms with E-state index in [-0.39, 0.29) is 12.8 Å². The van der Waals surface area contributed by atoms with E-state index < -0.39 is 10.1 Å². The van der Waals surface area contributed by atoms with Crippen LogP contribution in [0.3, 0.4) is 0 Å². The highest BCUT2D eigenvalue weighted by Gasteiger charge is 2.34. The van der Waals surface area contributed by atoms with Crippen LogP contribution in [0.15, 0.2) is 41.3 Å². The summed E-state index contributed by atoms with van der Waals surface area (Å²) in [5.74, 6) is 0.764. The van der Waals surface area contributed by atoms with Gasteiger partial charge in [0.2, 0.25) is 0 Å². The van der Waals surface area contributed by atoms with Crippen LogP contribution in [0.1, 0.15) is 103 Å². The molecule has 2 aliphatic carbocycles. The van der Waals surface area contributed by atoms with Gasteiger partial charge >= 0.3 is 0 Å². The molecule has 2 saturated carbocycles. The fourth-order valence-electron chi connectivity index (χ4n) is 6.75. The van der Waals surface area contributed by atoms with Gasteiger partial charge in [0.1, 0.15) is 0 Å². The van der Waals surface area contributed by atoms with Crippen molar-refractivity contribution in [2.24, 2.45) is 11.8 Å². The Balaban J connectivity index is 1.94. The molecule has 0 bridgehead atoms. The Labute approximate surface area is 227 Å². The van der Waals surface area contributed by atoms with E-state index in [2.05, 4.69) is 52.0 Å². The molecule has 0 amide bonds. The monoisotopic (exact) mass is 542 g/mol. The van der Waals surface area contributed by atoms with Crippen molar-refractivity contribution in [3.05, 3.63) is 47.5 Å². The zero-order valence-corrected chi connectivity index (χ0v) is 25.1. The molecular formula is C32H47O3PS. The summed E-state index contributed by atoms with van der Waals surface area (Å²) < 4.78 is 34.6. The highest BCUT2D eigenvalue weighted by Crippen LogP contribution is 2.56. The van der Waals surface area contributed by atoms with Gasteiger partial charge in [-0.3, -0.25) is 4.55 Å². The molecule has 0 saturated heterocycles. The first kappa shape index (κ1) is 28.8. The van der Waals surface area contributed by atoms with E-state index in [0.29, 0.717) is 11.8 Å². The lowest BCUT2D eigenvalue weighted by atomic mass is 9.87. The highest BCUT2D eigenvalue weighted by molar-refractivity contribution is 7.85. The molecule has 1 N–H and O–H groups in total. The molecule has 0 aliphatic heterocycles. The van der Waals surface area contributed by atoms with E-state index in [1.807, 2.05) is 0 Å². The van der Waals surface area contributed by atoms with Crippen molar-refractivity contribution < 1.29 is 13.0 Å². The van der Waals surface area contributed by atoms with Crippen LogP contribution < -0.4 is 5.30 Å². The maximum absolute atomic E-state index is 12.3. The number of hydrogen-bond donors (Lipinski definition) is 1. The van der Waals surface area contributed by atoms with Gasteiger partial charge in [-0.1, -0.05) is 98.4 Å². The number of hydrogen-bond acceptors (Lipinski definition) is 2. The third kappa shape index (κ3) is 7.25. The predicted octanol–water partition coefficient (Wildman–Crippen LogP) is 8.77. The van der Waals surface area contributed by atoms with Crippen LogP contribution in [0.5, 0.6) is 0 Å². The van der Waals surface area contributed by atoms with Crippen molar-refractivity contribution in [3.8, 4) is 11.1 Å². The fourth-order valence-corrected chi connectivity index (χ4v) is 11.3. The lowest BCUT2D eigenvalue weighted by molar-refractivity contribution is 0.482. The zero-order chi connectivity index (χ0) is 26.6. The van der Waals surface area contributed by atoms with Crippen molar-refractivity contribution in [2.45, 2.75) is 121 Å². The molecule has 3 nitrogen and oxygen atoms in total. The van der Waals surface area contributed by atoms with E-state index >= 15 is 0 Å². The number of rotatable bonds is 9. The van der Waals surface area contributed by atoms with E-state index in [1.165, 1.54) is 75.3 Å². The summed E-state index contributed by atoms with van der Waals surface area (Å²) in [5.41, 5.74) is 6.30. The normalized spacial score (nSPS) is 18.3. The Morgan fingerprint density at radius 1 is 0.784 bits per heavy atom. The van der Waals surface area contributed by atoms with Gasteiger partial charge in [-0.2, -0.15) is 8.42 Å². The lowest BCUT2D eigenvalue weighted by Crippen LogP contribution is -2.27. The Hall–Kier alpha value is -1.22. The second-order valence-corrected chi connectivity index (χ2v) is 16.5. The van der Waals surface area contributed by atoms with Gasteiger partial charge in [-0.05, 0) is 101 Å². The average Bonchev–Trinajstić information content (AvgIpc) is 2.85. The molecule has 204 valence electrons. The van der Waals surface area contributed by atoms with Crippen molar-refractivity contribution in [3.63, 3.8) is 0 Å². The summed E-state index contributed by atoms with van der Waals surface area (Å²) in [6, 6.07) is 12.6. The summed E-state index contributed by atoms with van der Waals surface area (Å²) >= 11 is 0. The van der Waals surface area contributed by atoms with Crippen LogP contribution in [-0.4, -0.2) is 24.3 Å². The lowest BCUT2D eigenvalue weighted by Gasteiger charge is -2.40. The molecule has 0 atom stereocenters. The molecule has 0 heterocycles. The van der Waals surface area contributed by atoms with Gasteiger partial charge in [0.25, 0.3) is 10.1 Å². The summed E-state index contributed by atoms with van der Waals surface area (Å²) in [5, 5.41) is 1.55. The predicted molar refractivity (Wildman–Crippen MR) is 159 cm³/mol. The molecule has 0 radical (unpaired) electrons. The molecular weight excluding hydrogens is 495 g/mol. The van der Waals surface area contributed by atoms with Gasteiger partial charge in [-0.25, -0.2) is 0 Å². The second kappa shape index (κ2) is 12.8. The Kier molecular flexibility index (Phi) is 9.92. The molecule has 5 heteroatoms. The molecule has 2 fully saturated rings. The van der Waals surface area contributed by atoms with E-state index in [9.17, 15) is 13.0 Å². The molecule has 2 aliphatic rings.